The normalized spacial score (nSPS) is 12.9. The number of hydrogen-bond acceptors (Lipinski definition) is 7. The van der Waals surface area contributed by atoms with Gasteiger partial charge in [0, 0.05) is 13.0 Å². The lowest BCUT2D eigenvalue weighted by Gasteiger charge is -2.21. The number of nitrogens with zero attached hydrogens (tertiary/aromatic N) is 1. The molecule has 0 aliphatic carbocycles. The molecule has 1 aromatic carbocycles. The van der Waals surface area contributed by atoms with Crippen molar-refractivity contribution in [1.82, 2.24) is 16.0 Å². The third kappa shape index (κ3) is 12.0. The Hall–Kier alpha value is -4.20. The number of benzene rings is 1. The fourth-order valence-electron chi connectivity index (χ4n) is 2.92. The summed E-state index contributed by atoms with van der Waals surface area (Å²) < 4.78 is 0. The number of aliphatic carboxylic acids is 1. The van der Waals surface area contributed by atoms with E-state index in [0.717, 1.165) is 0 Å². The fraction of sp³-hybridized carbons (Fsp3) is 0.429. The van der Waals surface area contributed by atoms with Crippen molar-refractivity contribution in [2.75, 3.05) is 13.1 Å². The summed E-state index contributed by atoms with van der Waals surface area (Å²) in [5.74, 6) is -4.64. The highest BCUT2D eigenvalue weighted by molar-refractivity contribution is 5.95. The number of carbonyl (C=O) groups is 5. The molecule has 0 bridgehead atoms. The Labute approximate surface area is 201 Å². The summed E-state index contributed by atoms with van der Waals surface area (Å²) in [5, 5.41) is 16.0. The predicted octanol–water partition coefficient (Wildman–Crippen LogP) is -3.34. The summed E-state index contributed by atoms with van der Waals surface area (Å²) in [6.07, 6.45) is 0.00712. The minimum Gasteiger partial charge on any atom is -0.481 e. The fourth-order valence-corrected chi connectivity index (χ4v) is 2.92. The van der Waals surface area contributed by atoms with E-state index >= 15 is 0 Å². The molecule has 0 fully saturated rings. The van der Waals surface area contributed by atoms with Gasteiger partial charge in [0.2, 0.25) is 23.6 Å². The quantitative estimate of drug-likeness (QED) is 0.0690. The van der Waals surface area contributed by atoms with Crippen molar-refractivity contribution in [3.63, 3.8) is 0 Å². The summed E-state index contributed by atoms with van der Waals surface area (Å²) in [4.78, 5) is 63.7. The number of guanidine groups is 1. The number of hydrogen-bond donors (Lipinski definition) is 8. The molecule has 14 heteroatoms. The molecule has 1 aromatic rings. The Balaban J connectivity index is 2.65. The maximum atomic E-state index is 12.6. The molecule has 0 heterocycles. The zero-order chi connectivity index (χ0) is 26.4. The van der Waals surface area contributed by atoms with E-state index in [0.29, 0.717) is 12.0 Å². The van der Waals surface area contributed by atoms with Crippen LogP contribution < -0.4 is 38.9 Å². The standard InChI is InChI=1S/C21H32N8O6/c22-13(7-4-8-26-21(24)25)19(34)27-11-16(30)28-15(10-17(31)32)20(35)29-14(18(23)33)9-12-5-2-1-3-6-12/h1-3,5-6,13-15H,4,7-11,22H2,(H2,23,33)(H,27,34)(H,28,30)(H,29,35)(H,31,32)(H4,24,25,26)/t13-,14-,15-/m0/s1. The molecule has 0 saturated carbocycles. The van der Waals surface area contributed by atoms with E-state index < -0.39 is 60.7 Å². The Morgan fingerprint density at radius 3 is 2.17 bits per heavy atom. The molecule has 4 amide bonds. The van der Waals surface area contributed by atoms with Gasteiger partial charge in [-0.25, -0.2) is 0 Å². The van der Waals surface area contributed by atoms with Crippen LogP contribution in [0.15, 0.2) is 35.3 Å². The third-order valence-corrected chi connectivity index (χ3v) is 4.70. The maximum Gasteiger partial charge on any atom is 0.305 e. The lowest BCUT2D eigenvalue weighted by Crippen LogP contribution is -2.55. The van der Waals surface area contributed by atoms with Crippen LogP contribution in [0.25, 0.3) is 0 Å². The molecule has 0 unspecified atom stereocenters. The Morgan fingerprint density at radius 2 is 1.60 bits per heavy atom. The molecule has 0 saturated heterocycles. The molecule has 12 N–H and O–H groups in total. The van der Waals surface area contributed by atoms with Crippen LogP contribution in [-0.2, 0) is 30.4 Å². The van der Waals surface area contributed by atoms with Crippen molar-refractivity contribution < 1.29 is 29.1 Å². The topological polar surface area (TPSA) is 258 Å². The van der Waals surface area contributed by atoms with Gasteiger partial charge < -0.3 is 44.0 Å². The van der Waals surface area contributed by atoms with Crippen LogP contribution in [0, 0.1) is 0 Å². The number of nitrogens with two attached hydrogens (primary N) is 4. The van der Waals surface area contributed by atoms with Crippen molar-refractivity contribution in [3.05, 3.63) is 35.9 Å². The summed E-state index contributed by atoms with van der Waals surface area (Å²) in [6.45, 7) is -0.264. The van der Waals surface area contributed by atoms with Gasteiger partial charge in [-0.1, -0.05) is 30.3 Å². The second kappa shape index (κ2) is 14.8. The molecule has 3 atom stereocenters. The van der Waals surface area contributed by atoms with Gasteiger partial charge in [0.05, 0.1) is 19.0 Å². The highest BCUT2D eigenvalue weighted by Gasteiger charge is 2.28. The third-order valence-electron chi connectivity index (χ3n) is 4.70. The summed E-state index contributed by atoms with van der Waals surface area (Å²) in [7, 11) is 0. The minimum absolute atomic E-state index is 0.0762. The lowest BCUT2D eigenvalue weighted by molar-refractivity contribution is -0.141. The molecule has 1 rings (SSSR count). The van der Waals surface area contributed by atoms with Gasteiger partial charge in [-0.15, -0.1) is 0 Å². The first-order chi connectivity index (χ1) is 16.5. The number of carboxylic acids is 1. The summed E-state index contributed by atoms with van der Waals surface area (Å²) >= 11 is 0. The Morgan fingerprint density at radius 1 is 0.943 bits per heavy atom. The number of amides is 4. The van der Waals surface area contributed by atoms with Crippen LogP contribution in [0.2, 0.25) is 0 Å². The molecule has 0 radical (unpaired) electrons. The molecule has 35 heavy (non-hydrogen) atoms. The number of primary amides is 1. The largest absolute Gasteiger partial charge is 0.481 e. The van der Waals surface area contributed by atoms with Crippen LogP contribution in [0.3, 0.4) is 0 Å². The minimum atomic E-state index is -1.51. The smallest absolute Gasteiger partial charge is 0.305 e. The first-order valence-electron chi connectivity index (χ1n) is 10.7. The zero-order valence-electron chi connectivity index (χ0n) is 19.1. The molecule has 14 nitrogen and oxygen atoms in total. The first-order valence-corrected chi connectivity index (χ1v) is 10.7. The second-order valence-electron chi connectivity index (χ2n) is 7.64. The van der Waals surface area contributed by atoms with Gasteiger partial charge in [0.25, 0.3) is 0 Å². The van der Waals surface area contributed by atoms with Gasteiger partial charge in [0.1, 0.15) is 12.1 Å². The number of carboxylic acid groups (broad SMARTS) is 1. The number of aliphatic imine (C=N–C) groups is 1. The van der Waals surface area contributed by atoms with Gasteiger partial charge in [-0.05, 0) is 18.4 Å². The maximum absolute atomic E-state index is 12.6. The van der Waals surface area contributed by atoms with Gasteiger partial charge in [-0.3, -0.25) is 29.0 Å². The summed E-state index contributed by atoms with van der Waals surface area (Å²) in [6, 6.07) is 5.15. The van der Waals surface area contributed by atoms with E-state index in [2.05, 4.69) is 20.9 Å². The van der Waals surface area contributed by atoms with Crippen molar-refractivity contribution in [2.24, 2.45) is 27.9 Å². The van der Waals surface area contributed by atoms with E-state index in [1.807, 2.05) is 0 Å². The van der Waals surface area contributed by atoms with Crippen LogP contribution >= 0.6 is 0 Å². The molecular weight excluding hydrogens is 460 g/mol. The number of rotatable bonds is 15. The molecular formula is C21H32N8O6. The van der Waals surface area contributed by atoms with E-state index in [1.165, 1.54) is 0 Å². The molecule has 192 valence electrons. The average molecular weight is 493 g/mol. The zero-order valence-corrected chi connectivity index (χ0v) is 19.1. The Kier molecular flexibility index (Phi) is 12.2. The Bertz CT molecular complexity index is 920. The molecule has 0 aliphatic rings. The summed E-state index contributed by atoms with van der Waals surface area (Å²) in [5.41, 5.74) is 22.2. The lowest BCUT2D eigenvalue weighted by atomic mass is 10.0. The van der Waals surface area contributed by atoms with Crippen LogP contribution in [0.4, 0.5) is 0 Å². The van der Waals surface area contributed by atoms with Gasteiger partial charge in [0.15, 0.2) is 5.96 Å². The van der Waals surface area contributed by atoms with E-state index in [1.54, 1.807) is 30.3 Å². The molecule has 0 spiro atoms. The first kappa shape index (κ1) is 28.8. The van der Waals surface area contributed by atoms with Crippen molar-refractivity contribution in [1.29, 1.82) is 0 Å². The van der Waals surface area contributed by atoms with Crippen LogP contribution in [0.5, 0.6) is 0 Å². The van der Waals surface area contributed by atoms with Crippen LogP contribution in [-0.4, -0.2) is 71.9 Å². The van der Waals surface area contributed by atoms with Crippen molar-refractivity contribution in [3.8, 4) is 0 Å². The van der Waals surface area contributed by atoms with Crippen LogP contribution in [0.1, 0.15) is 24.8 Å². The SMILES string of the molecule is NC(=O)[C@H](Cc1ccccc1)NC(=O)[C@H](CC(=O)O)NC(=O)CNC(=O)[C@@H](N)CCCN=C(N)N. The highest BCUT2D eigenvalue weighted by Crippen LogP contribution is 2.04. The van der Waals surface area contributed by atoms with E-state index in [9.17, 15) is 24.0 Å². The predicted molar refractivity (Wildman–Crippen MR) is 126 cm³/mol. The number of nitrogens with one attached hydrogen (secondary N) is 3. The molecule has 0 aromatic heterocycles. The van der Waals surface area contributed by atoms with Crippen molar-refractivity contribution in [2.45, 2.75) is 43.8 Å². The monoisotopic (exact) mass is 492 g/mol. The van der Waals surface area contributed by atoms with E-state index in [4.69, 9.17) is 28.0 Å². The highest BCUT2D eigenvalue weighted by atomic mass is 16.4. The second-order valence-corrected chi connectivity index (χ2v) is 7.64. The molecule has 0 aliphatic heterocycles. The number of carbonyl (C=O) groups excluding carboxylic acids is 4. The van der Waals surface area contributed by atoms with E-state index in [-0.39, 0.29) is 25.3 Å². The van der Waals surface area contributed by atoms with Crippen molar-refractivity contribution >= 4 is 35.6 Å². The van der Waals surface area contributed by atoms with Gasteiger partial charge in [-0.2, -0.15) is 0 Å². The van der Waals surface area contributed by atoms with Gasteiger partial charge >= 0.3 is 5.97 Å². The average Bonchev–Trinajstić information content (AvgIpc) is 2.79.